The molecule has 0 saturated carbocycles. The average molecular weight is 347 g/mol. The van der Waals surface area contributed by atoms with Crippen LogP contribution < -0.4 is 4.90 Å². The highest BCUT2D eigenvalue weighted by Gasteiger charge is 2.22. The number of hydrogen-bond donors (Lipinski definition) is 0. The smallest absolute Gasteiger partial charge is 0.203 e. The predicted molar refractivity (Wildman–Crippen MR) is 106 cm³/mol. The van der Waals surface area contributed by atoms with Gasteiger partial charge in [0.05, 0.1) is 9.88 Å². The molecule has 126 valence electrons. The first-order valence-electron chi connectivity index (χ1n) is 8.78. The van der Waals surface area contributed by atoms with Crippen LogP contribution in [0, 0.1) is 6.92 Å². The lowest BCUT2D eigenvalue weighted by Gasteiger charge is -2.17. The Morgan fingerprint density at radius 1 is 0.960 bits per heavy atom. The highest BCUT2D eigenvalue weighted by molar-refractivity contribution is 7.18. The van der Waals surface area contributed by atoms with Gasteiger partial charge in [0.15, 0.2) is 0 Å². The van der Waals surface area contributed by atoms with E-state index >= 15 is 0 Å². The van der Waals surface area contributed by atoms with Gasteiger partial charge in [-0.15, -0.1) is 11.3 Å². The molecule has 3 aromatic rings. The van der Waals surface area contributed by atoms with Crippen LogP contribution in [-0.4, -0.2) is 18.9 Å². The maximum absolute atomic E-state index is 13.0. The van der Waals surface area contributed by atoms with Gasteiger partial charge in [-0.2, -0.15) is 0 Å². The molecule has 0 spiro atoms. The molecule has 1 fully saturated rings. The van der Waals surface area contributed by atoms with Crippen molar-refractivity contribution in [3.05, 3.63) is 76.7 Å². The highest BCUT2D eigenvalue weighted by atomic mass is 32.1. The van der Waals surface area contributed by atoms with E-state index in [9.17, 15) is 4.79 Å². The lowest BCUT2D eigenvalue weighted by molar-refractivity contribution is 0.104. The fraction of sp³-hybridized carbons (Fsp3) is 0.227. The Hall–Kier alpha value is -2.39. The Morgan fingerprint density at radius 3 is 2.32 bits per heavy atom. The zero-order chi connectivity index (χ0) is 17.2. The van der Waals surface area contributed by atoms with Crippen molar-refractivity contribution in [3.63, 3.8) is 0 Å². The molecule has 0 radical (unpaired) electrons. The first-order chi connectivity index (χ1) is 12.2. The highest BCUT2D eigenvalue weighted by Crippen LogP contribution is 2.41. The molecule has 1 saturated heterocycles. The number of hydrogen-bond acceptors (Lipinski definition) is 3. The van der Waals surface area contributed by atoms with E-state index < -0.39 is 0 Å². The van der Waals surface area contributed by atoms with Crippen LogP contribution in [0.15, 0.2) is 60.7 Å². The standard InChI is InChI=1S/C22H21NOS/c1-16-9-11-18(12-10-16)21(24)20-15-19(17-7-3-2-4-8-17)22(25-20)23-13-5-6-14-23/h2-4,7-12,15H,5-6,13-14H2,1H3. The molecule has 25 heavy (non-hydrogen) atoms. The van der Waals surface area contributed by atoms with Crippen LogP contribution in [0.3, 0.4) is 0 Å². The number of carbonyl (C=O) groups excluding carboxylic acids is 1. The molecular weight excluding hydrogens is 326 g/mol. The second kappa shape index (κ2) is 6.85. The number of anilines is 1. The van der Waals surface area contributed by atoms with Gasteiger partial charge in [0, 0.05) is 24.2 Å². The summed E-state index contributed by atoms with van der Waals surface area (Å²) in [4.78, 5) is 16.2. The molecule has 3 heteroatoms. The molecule has 1 aromatic heterocycles. The summed E-state index contributed by atoms with van der Waals surface area (Å²) in [6.07, 6.45) is 2.46. The molecular formula is C22H21NOS. The Morgan fingerprint density at radius 2 is 1.64 bits per heavy atom. The minimum atomic E-state index is 0.118. The Balaban J connectivity index is 1.76. The van der Waals surface area contributed by atoms with Crippen molar-refractivity contribution in [1.29, 1.82) is 0 Å². The molecule has 2 heterocycles. The van der Waals surface area contributed by atoms with Crippen molar-refractivity contribution < 1.29 is 4.79 Å². The lowest BCUT2D eigenvalue weighted by Crippen LogP contribution is -2.16. The third-order valence-electron chi connectivity index (χ3n) is 4.73. The molecule has 0 atom stereocenters. The number of ketones is 1. The van der Waals surface area contributed by atoms with Crippen molar-refractivity contribution in [2.45, 2.75) is 19.8 Å². The summed E-state index contributed by atoms with van der Waals surface area (Å²) in [5, 5.41) is 1.24. The molecule has 2 nitrogen and oxygen atoms in total. The van der Waals surface area contributed by atoms with Crippen LogP contribution in [-0.2, 0) is 0 Å². The summed E-state index contributed by atoms with van der Waals surface area (Å²) >= 11 is 1.64. The van der Waals surface area contributed by atoms with Crippen molar-refractivity contribution in [1.82, 2.24) is 0 Å². The summed E-state index contributed by atoms with van der Waals surface area (Å²) in [5.41, 5.74) is 4.30. The van der Waals surface area contributed by atoms with Crippen molar-refractivity contribution in [2.75, 3.05) is 18.0 Å². The number of aryl methyl sites for hydroxylation is 1. The van der Waals surface area contributed by atoms with Crippen LogP contribution in [0.1, 0.15) is 33.6 Å². The number of carbonyl (C=O) groups is 1. The fourth-order valence-electron chi connectivity index (χ4n) is 3.32. The summed E-state index contributed by atoms with van der Waals surface area (Å²) in [6, 6.07) is 20.3. The van der Waals surface area contributed by atoms with Gasteiger partial charge >= 0.3 is 0 Å². The molecule has 0 unspecified atom stereocenters. The Bertz CT molecular complexity index is 874. The summed E-state index contributed by atoms with van der Waals surface area (Å²) in [6.45, 7) is 4.20. The van der Waals surface area contributed by atoms with E-state index in [1.54, 1.807) is 11.3 Å². The average Bonchev–Trinajstić information content (AvgIpc) is 3.32. The predicted octanol–water partition coefficient (Wildman–Crippen LogP) is 5.55. The van der Waals surface area contributed by atoms with Gasteiger partial charge in [-0.25, -0.2) is 0 Å². The molecule has 4 rings (SSSR count). The van der Waals surface area contributed by atoms with Crippen LogP contribution in [0.2, 0.25) is 0 Å². The normalized spacial score (nSPS) is 14.0. The number of nitrogens with zero attached hydrogens (tertiary/aromatic N) is 1. The monoisotopic (exact) mass is 347 g/mol. The van der Waals surface area contributed by atoms with Gasteiger partial charge < -0.3 is 4.90 Å². The second-order valence-corrected chi connectivity index (χ2v) is 7.62. The van der Waals surface area contributed by atoms with E-state index in [4.69, 9.17) is 0 Å². The third-order valence-corrected chi connectivity index (χ3v) is 5.92. The maximum atomic E-state index is 13.0. The van der Waals surface area contributed by atoms with Crippen molar-refractivity contribution in [2.24, 2.45) is 0 Å². The van der Waals surface area contributed by atoms with Crippen LogP contribution in [0.5, 0.6) is 0 Å². The van der Waals surface area contributed by atoms with E-state index in [1.165, 1.54) is 34.5 Å². The first kappa shape index (κ1) is 16.1. The van der Waals surface area contributed by atoms with Crippen LogP contribution >= 0.6 is 11.3 Å². The minimum absolute atomic E-state index is 0.118. The molecule has 1 aliphatic heterocycles. The third kappa shape index (κ3) is 3.24. The summed E-state index contributed by atoms with van der Waals surface area (Å²) in [7, 11) is 0. The van der Waals surface area contributed by atoms with Crippen molar-refractivity contribution in [3.8, 4) is 11.1 Å². The van der Waals surface area contributed by atoms with Gasteiger partial charge in [-0.1, -0.05) is 60.2 Å². The molecule has 2 aromatic carbocycles. The summed E-state index contributed by atoms with van der Waals surface area (Å²) in [5.74, 6) is 0.118. The Labute approximate surface area is 152 Å². The van der Waals surface area contributed by atoms with E-state index in [2.05, 4.69) is 35.2 Å². The van der Waals surface area contributed by atoms with Gasteiger partial charge in [0.1, 0.15) is 0 Å². The molecule has 0 aliphatic carbocycles. The van der Waals surface area contributed by atoms with E-state index in [-0.39, 0.29) is 5.78 Å². The van der Waals surface area contributed by atoms with Gasteiger partial charge in [0.25, 0.3) is 0 Å². The number of benzene rings is 2. The van der Waals surface area contributed by atoms with Crippen molar-refractivity contribution >= 4 is 22.1 Å². The number of rotatable bonds is 4. The molecule has 1 aliphatic rings. The number of thiophene rings is 1. The van der Waals surface area contributed by atoms with Gasteiger partial charge in [-0.05, 0) is 31.4 Å². The lowest BCUT2D eigenvalue weighted by atomic mass is 10.0. The van der Waals surface area contributed by atoms with Crippen LogP contribution in [0.4, 0.5) is 5.00 Å². The SMILES string of the molecule is Cc1ccc(C(=O)c2cc(-c3ccccc3)c(N3CCCC3)s2)cc1. The quantitative estimate of drug-likeness (QED) is 0.576. The largest absolute Gasteiger partial charge is 0.363 e. The van der Waals surface area contributed by atoms with Crippen LogP contribution in [0.25, 0.3) is 11.1 Å². The topological polar surface area (TPSA) is 20.3 Å². The zero-order valence-corrected chi connectivity index (χ0v) is 15.2. The van der Waals surface area contributed by atoms with E-state index in [1.807, 2.05) is 37.3 Å². The zero-order valence-electron chi connectivity index (χ0n) is 14.4. The molecule has 0 amide bonds. The van der Waals surface area contributed by atoms with Gasteiger partial charge in [-0.3, -0.25) is 4.79 Å². The maximum Gasteiger partial charge on any atom is 0.203 e. The van der Waals surface area contributed by atoms with Gasteiger partial charge in [0.2, 0.25) is 5.78 Å². The van der Waals surface area contributed by atoms with E-state index in [0.29, 0.717) is 0 Å². The molecule has 0 bridgehead atoms. The Kier molecular flexibility index (Phi) is 4.41. The summed E-state index contributed by atoms with van der Waals surface area (Å²) < 4.78 is 0. The fourth-order valence-corrected chi connectivity index (χ4v) is 4.51. The molecule has 0 N–H and O–H groups in total. The first-order valence-corrected chi connectivity index (χ1v) is 9.59. The van der Waals surface area contributed by atoms with E-state index in [0.717, 1.165) is 23.5 Å². The second-order valence-electron chi connectivity index (χ2n) is 6.58. The minimum Gasteiger partial charge on any atom is -0.363 e.